The van der Waals surface area contributed by atoms with Gasteiger partial charge in [-0.2, -0.15) is 0 Å². The summed E-state index contributed by atoms with van der Waals surface area (Å²) in [6.07, 6.45) is 10.5. The molecule has 1 aromatic carbocycles. The van der Waals surface area contributed by atoms with Crippen molar-refractivity contribution in [2.45, 2.75) is 64.7 Å². The van der Waals surface area contributed by atoms with Crippen molar-refractivity contribution in [1.82, 2.24) is 5.32 Å². The van der Waals surface area contributed by atoms with Crippen molar-refractivity contribution in [3.05, 3.63) is 23.8 Å². The minimum Gasteiger partial charge on any atom is -0.493 e. The second-order valence-corrected chi connectivity index (χ2v) is 6.62. The van der Waals surface area contributed by atoms with E-state index >= 15 is 0 Å². The predicted molar refractivity (Wildman–Crippen MR) is 107 cm³/mol. The second-order valence-electron chi connectivity index (χ2n) is 6.62. The molecule has 0 aliphatic carbocycles. The molecule has 148 valence electrons. The van der Waals surface area contributed by atoms with Crippen molar-refractivity contribution in [1.29, 1.82) is 0 Å². The Labute approximate surface area is 158 Å². The average molecular weight is 365 g/mol. The maximum absolute atomic E-state index is 12.1. The number of ether oxygens (including phenoxy) is 2. The Morgan fingerprint density at radius 3 is 2.38 bits per heavy atom. The average Bonchev–Trinajstić information content (AvgIpc) is 2.65. The van der Waals surface area contributed by atoms with Crippen molar-refractivity contribution in [3.8, 4) is 11.5 Å². The number of hydrogen-bond donors (Lipinski definition) is 2. The fourth-order valence-electron chi connectivity index (χ4n) is 2.84. The van der Waals surface area contributed by atoms with Gasteiger partial charge in [0.2, 0.25) is 5.91 Å². The Balaban J connectivity index is 2.22. The zero-order valence-corrected chi connectivity index (χ0v) is 16.5. The van der Waals surface area contributed by atoms with Crippen LogP contribution in [0.25, 0.3) is 0 Å². The third-order valence-electron chi connectivity index (χ3n) is 4.32. The number of benzene rings is 1. The molecule has 1 rings (SSSR count). The number of nitrogens with two attached hydrogens (primary N) is 1. The summed E-state index contributed by atoms with van der Waals surface area (Å²) in [6, 6.07) is 5.57. The number of carbonyl (C=O) groups excluding carboxylic acids is 1. The van der Waals surface area contributed by atoms with Gasteiger partial charge in [-0.1, -0.05) is 57.9 Å². The maximum Gasteiger partial charge on any atom is 0.224 e. The fraction of sp³-hybridized carbons (Fsp3) is 0.667. The summed E-state index contributed by atoms with van der Waals surface area (Å²) < 4.78 is 10.8. The van der Waals surface area contributed by atoms with Crippen LogP contribution < -0.4 is 20.5 Å². The molecule has 0 unspecified atom stereocenters. The van der Waals surface area contributed by atoms with Gasteiger partial charge in [0.1, 0.15) is 6.61 Å². The van der Waals surface area contributed by atoms with E-state index in [1.54, 1.807) is 7.11 Å². The summed E-state index contributed by atoms with van der Waals surface area (Å²) in [5.74, 6) is 1.33. The lowest BCUT2D eigenvalue weighted by molar-refractivity contribution is -0.120. The van der Waals surface area contributed by atoms with Gasteiger partial charge < -0.3 is 20.5 Å². The number of amides is 1. The highest BCUT2D eigenvalue weighted by molar-refractivity contribution is 5.78. The number of unbranched alkanes of at least 4 members (excludes halogenated alkanes) is 7. The smallest absolute Gasteiger partial charge is 0.224 e. The molecule has 5 nitrogen and oxygen atoms in total. The second kappa shape index (κ2) is 14.4. The molecule has 5 heteroatoms. The summed E-state index contributed by atoms with van der Waals surface area (Å²) in [4.78, 5) is 12.1. The van der Waals surface area contributed by atoms with Crippen molar-refractivity contribution in [2.24, 2.45) is 5.73 Å². The van der Waals surface area contributed by atoms with E-state index in [1.807, 2.05) is 18.2 Å². The summed E-state index contributed by atoms with van der Waals surface area (Å²) in [5, 5.41) is 3.00. The lowest BCUT2D eigenvalue weighted by Gasteiger charge is -2.12. The van der Waals surface area contributed by atoms with Crippen LogP contribution in [-0.2, 0) is 11.2 Å². The van der Waals surface area contributed by atoms with Gasteiger partial charge >= 0.3 is 0 Å². The van der Waals surface area contributed by atoms with E-state index in [-0.39, 0.29) is 5.91 Å². The summed E-state index contributed by atoms with van der Waals surface area (Å²) in [5.41, 5.74) is 6.36. The largest absolute Gasteiger partial charge is 0.493 e. The number of nitrogens with one attached hydrogen (secondary N) is 1. The first-order valence-electron chi connectivity index (χ1n) is 9.97. The topological polar surface area (TPSA) is 73.6 Å². The highest BCUT2D eigenvalue weighted by Crippen LogP contribution is 2.28. The van der Waals surface area contributed by atoms with Crippen LogP contribution in [0.15, 0.2) is 18.2 Å². The van der Waals surface area contributed by atoms with Gasteiger partial charge in [-0.15, -0.1) is 0 Å². The molecule has 26 heavy (non-hydrogen) atoms. The van der Waals surface area contributed by atoms with E-state index < -0.39 is 0 Å². The molecule has 0 bridgehead atoms. The monoisotopic (exact) mass is 364 g/mol. The van der Waals surface area contributed by atoms with E-state index in [9.17, 15) is 4.79 Å². The van der Waals surface area contributed by atoms with Gasteiger partial charge in [0.05, 0.1) is 13.5 Å². The first-order valence-corrected chi connectivity index (χ1v) is 9.97. The first-order chi connectivity index (χ1) is 12.7. The quantitative estimate of drug-likeness (QED) is 0.464. The molecule has 0 aliphatic heterocycles. The molecular formula is C21H36N2O3. The van der Waals surface area contributed by atoms with E-state index in [0.29, 0.717) is 31.1 Å². The van der Waals surface area contributed by atoms with Gasteiger partial charge in [-0.25, -0.2) is 0 Å². The molecule has 0 aliphatic rings. The van der Waals surface area contributed by atoms with Crippen LogP contribution in [-0.4, -0.2) is 32.7 Å². The summed E-state index contributed by atoms with van der Waals surface area (Å²) >= 11 is 0. The maximum atomic E-state index is 12.1. The lowest BCUT2D eigenvalue weighted by Crippen LogP contribution is -2.26. The van der Waals surface area contributed by atoms with Crippen LogP contribution in [0, 0.1) is 0 Å². The van der Waals surface area contributed by atoms with Crippen molar-refractivity contribution in [3.63, 3.8) is 0 Å². The van der Waals surface area contributed by atoms with Crippen LogP contribution in [0.4, 0.5) is 0 Å². The van der Waals surface area contributed by atoms with Crippen molar-refractivity contribution in [2.75, 3.05) is 26.8 Å². The molecule has 3 N–H and O–H groups in total. The van der Waals surface area contributed by atoms with Crippen LogP contribution >= 0.6 is 0 Å². The van der Waals surface area contributed by atoms with Crippen LogP contribution in [0.5, 0.6) is 11.5 Å². The molecule has 0 atom stereocenters. The van der Waals surface area contributed by atoms with Crippen LogP contribution in [0.3, 0.4) is 0 Å². The minimum absolute atomic E-state index is 0.0469. The SMILES string of the molecule is CCCCCCCCCCNC(=O)Cc1ccc(OCCN)c(OC)c1. The van der Waals surface area contributed by atoms with E-state index in [2.05, 4.69) is 12.2 Å². The molecule has 0 saturated heterocycles. The summed E-state index contributed by atoms with van der Waals surface area (Å²) in [7, 11) is 1.59. The molecule has 0 saturated carbocycles. The lowest BCUT2D eigenvalue weighted by atomic mass is 10.1. The van der Waals surface area contributed by atoms with Crippen LogP contribution in [0.1, 0.15) is 63.9 Å². The molecule has 0 spiro atoms. The normalized spacial score (nSPS) is 10.6. The molecule has 0 aromatic heterocycles. The third-order valence-corrected chi connectivity index (χ3v) is 4.32. The Kier molecular flexibility index (Phi) is 12.4. The van der Waals surface area contributed by atoms with Gasteiger partial charge in [0.15, 0.2) is 11.5 Å². The van der Waals surface area contributed by atoms with E-state index in [1.165, 1.54) is 44.9 Å². The Hall–Kier alpha value is -1.75. The minimum atomic E-state index is 0.0469. The van der Waals surface area contributed by atoms with Crippen molar-refractivity contribution < 1.29 is 14.3 Å². The first kappa shape index (κ1) is 22.3. The van der Waals surface area contributed by atoms with Gasteiger partial charge in [-0.3, -0.25) is 4.79 Å². The summed E-state index contributed by atoms with van der Waals surface area (Å²) in [6.45, 7) is 3.88. The highest BCUT2D eigenvalue weighted by atomic mass is 16.5. The highest BCUT2D eigenvalue weighted by Gasteiger charge is 2.08. The van der Waals surface area contributed by atoms with Crippen LogP contribution in [0.2, 0.25) is 0 Å². The zero-order valence-electron chi connectivity index (χ0n) is 16.5. The predicted octanol–water partition coefficient (Wildman–Crippen LogP) is 3.83. The van der Waals surface area contributed by atoms with E-state index in [4.69, 9.17) is 15.2 Å². The molecule has 1 amide bonds. The van der Waals surface area contributed by atoms with E-state index in [0.717, 1.165) is 18.5 Å². The van der Waals surface area contributed by atoms with Gasteiger partial charge in [0.25, 0.3) is 0 Å². The standard InChI is InChI=1S/C21H36N2O3/c1-3-4-5-6-7-8-9-10-14-23-21(24)17-18-11-12-19(26-15-13-22)20(16-18)25-2/h11-12,16H,3-10,13-15,17,22H2,1-2H3,(H,23,24). The molecule has 0 fully saturated rings. The molecule has 0 heterocycles. The van der Waals surface area contributed by atoms with Gasteiger partial charge in [-0.05, 0) is 24.1 Å². The zero-order chi connectivity index (χ0) is 19.0. The number of hydrogen-bond acceptors (Lipinski definition) is 4. The van der Waals surface area contributed by atoms with Crippen molar-refractivity contribution >= 4 is 5.91 Å². The molecule has 0 radical (unpaired) electrons. The molecule has 1 aromatic rings. The van der Waals surface area contributed by atoms with Gasteiger partial charge in [0, 0.05) is 13.1 Å². The fourth-order valence-corrected chi connectivity index (χ4v) is 2.84. The Morgan fingerprint density at radius 2 is 1.73 bits per heavy atom. The Morgan fingerprint density at radius 1 is 1.04 bits per heavy atom. The number of methoxy groups -OCH3 is 1. The third kappa shape index (κ3) is 9.66. The number of carbonyl (C=O) groups is 1. The molecular weight excluding hydrogens is 328 g/mol. The Bertz CT molecular complexity index is 506. The number of rotatable bonds is 15.